The highest BCUT2D eigenvalue weighted by Crippen LogP contribution is 2.17. The molecule has 0 aliphatic rings. The number of ether oxygens (including phenoxy) is 1. The van der Waals surface area contributed by atoms with Crippen molar-refractivity contribution in [2.45, 2.75) is 4.90 Å². The SMILES string of the molecule is O=C(O)CNS(=O)(=O)c1ccc(OC(=O)c2ccccc2)cc1. The molecule has 2 rings (SSSR count). The molecule has 0 atom stereocenters. The van der Waals surface area contributed by atoms with Crippen molar-refractivity contribution < 1.29 is 27.9 Å². The van der Waals surface area contributed by atoms with E-state index >= 15 is 0 Å². The molecule has 0 saturated carbocycles. The average molecular weight is 335 g/mol. The number of carbonyl (C=O) groups is 2. The quantitative estimate of drug-likeness (QED) is 0.608. The number of hydrogen-bond acceptors (Lipinski definition) is 5. The molecule has 120 valence electrons. The first-order valence-electron chi connectivity index (χ1n) is 6.47. The fraction of sp³-hybridized carbons (Fsp3) is 0.0667. The molecule has 0 bridgehead atoms. The van der Waals surface area contributed by atoms with Crippen molar-refractivity contribution in [3.63, 3.8) is 0 Å². The summed E-state index contributed by atoms with van der Waals surface area (Å²) in [5, 5.41) is 8.49. The van der Waals surface area contributed by atoms with Crippen LogP contribution in [-0.4, -0.2) is 32.0 Å². The van der Waals surface area contributed by atoms with Crippen LogP contribution in [0.15, 0.2) is 59.5 Å². The highest BCUT2D eigenvalue weighted by atomic mass is 32.2. The van der Waals surface area contributed by atoms with Crippen molar-refractivity contribution in [1.82, 2.24) is 4.72 Å². The topological polar surface area (TPSA) is 110 Å². The van der Waals surface area contributed by atoms with Crippen LogP contribution in [0.4, 0.5) is 0 Å². The Kier molecular flexibility index (Phi) is 5.09. The highest BCUT2D eigenvalue weighted by molar-refractivity contribution is 7.89. The Hall–Kier alpha value is -2.71. The van der Waals surface area contributed by atoms with Gasteiger partial charge in [-0.3, -0.25) is 4.79 Å². The first kappa shape index (κ1) is 16.7. The summed E-state index contributed by atoms with van der Waals surface area (Å²) >= 11 is 0. The summed E-state index contributed by atoms with van der Waals surface area (Å²) in [6.45, 7) is -0.715. The summed E-state index contributed by atoms with van der Waals surface area (Å²) in [7, 11) is -3.92. The van der Waals surface area contributed by atoms with Crippen LogP contribution in [0.25, 0.3) is 0 Å². The zero-order valence-corrected chi connectivity index (χ0v) is 12.6. The van der Waals surface area contributed by atoms with Crippen LogP contribution in [0.1, 0.15) is 10.4 Å². The molecule has 2 aromatic carbocycles. The lowest BCUT2D eigenvalue weighted by molar-refractivity contribution is -0.135. The third-order valence-electron chi connectivity index (χ3n) is 2.77. The third kappa shape index (κ3) is 4.63. The molecule has 0 heterocycles. The fourth-order valence-electron chi connectivity index (χ4n) is 1.67. The van der Waals surface area contributed by atoms with E-state index in [9.17, 15) is 18.0 Å². The minimum atomic E-state index is -3.92. The van der Waals surface area contributed by atoms with Crippen molar-refractivity contribution in [2.24, 2.45) is 0 Å². The average Bonchev–Trinajstić information content (AvgIpc) is 2.54. The number of carbonyl (C=O) groups excluding carboxylic acids is 1. The lowest BCUT2D eigenvalue weighted by atomic mass is 10.2. The number of benzene rings is 2. The molecule has 2 aromatic rings. The minimum absolute atomic E-state index is 0.127. The predicted molar refractivity (Wildman–Crippen MR) is 80.7 cm³/mol. The largest absolute Gasteiger partial charge is 0.480 e. The lowest BCUT2D eigenvalue weighted by Gasteiger charge is -2.07. The molecule has 23 heavy (non-hydrogen) atoms. The van der Waals surface area contributed by atoms with Gasteiger partial charge in [0.05, 0.1) is 10.5 Å². The summed E-state index contributed by atoms with van der Waals surface area (Å²) < 4.78 is 30.7. The van der Waals surface area contributed by atoms with Gasteiger partial charge in [0.1, 0.15) is 12.3 Å². The highest BCUT2D eigenvalue weighted by Gasteiger charge is 2.15. The van der Waals surface area contributed by atoms with Gasteiger partial charge in [-0.15, -0.1) is 0 Å². The van der Waals surface area contributed by atoms with Crippen molar-refractivity contribution >= 4 is 22.0 Å². The van der Waals surface area contributed by atoms with Crippen molar-refractivity contribution in [2.75, 3.05) is 6.54 Å². The molecule has 0 radical (unpaired) electrons. The van der Waals surface area contributed by atoms with Crippen molar-refractivity contribution in [3.8, 4) is 5.75 Å². The summed E-state index contributed by atoms with van der Waals surface area (Å²) in [6, 6.07) is 13.4. The molecule has 2 N–H and O–H groups in total. The molecule has 0 aromatic heterocycles. The van der Waals surface area contributed by atoms with Gasteiger partial charge in [0.15, 0.2) is 0 Å². The van der Waals surface area contributed by atoms with Gasteiger partial charge in [-0.25, -0.2) is 13.2 Å². The van der Waals surface area contributed by atoms with Gasteiger partial charge in [0, 0.05) is 0 Å². The Morgan fingerprint density at radius 2 is 1.61 bits per heavy atom. The van der Waals surface area contributed by atoms with Crippen LogP contribution in [0.2, 0.25) is 0 Å². The van der Waals surface area contributed by atoms with Gasteiger partial charge in [-0.1, -0.05) is 18.2 Å². The molecule has 0 fully saturated rings. The summed E-state index contributed by atoms with van der Waals surface area (Å²) in [4.78, 5) is 22.1. The van der Waals surface area contributed by atoms with Crippen molar-refractivity contribution in [1.29, 1.82) is 0 Å². The summed E-state index contributed by atoms with van der Waals surface area (Å²) in [6.07, 6.45) is 0. The van der Waals surface area contributed by atoms with Gasteiger partial charge in [-0.2, -0.15) is 4.72 Å². The second kappa shape index (κ2) is 7.03. The normalized spacial score (nSPS) is 11.0. The molecule has 8 heteroatoms. The Morgan fingerprint density at radius 1 is 1.00 bits per heavy atom. The second-order valence-corrected chi connectivity index (χ2v) is 6.21. The van der Waals surface area contributed by atoms with E-state index in [1.165, 1.54) is 24.3 Å². The van der Waals surface area contributed by atoms with Gasteiger partial charge >= 0.3 is 11.9 Å². The Balaban J connectivity index is 2.08. The molecule has 7 nitrogen and oxygen atoms in total. The molecular formula is C15H13NO6S. The number of carboxylic acid groups (broad SMARTS) is 1. The molecular weight excluding hydrogens is 322 g/mol. The minimum Gasteiger partial charge on any atom is -0.480 e. The number of rotatable bonds is 6. The molecule has 0 spiro atoms. The number of sulfonamides is 1. The van der Waals surface area contributed by atoms with E-state index in [0.29, 0.717) is 5.56 Å². The first-order valence-corrected chi connectivity index (χ1v) is 7.95. The fourth-order valence-corrected chi connectivity index (χ4v) is 2.64. The van der Waals surface area contributed by atoms with Gasteiger partial charge in [0.25, 0.3) is 0 Å². The summed E-state index contributed by atoms with van der Waals surface area (Å²) in [5.41, 5.74) is 0.368. The lowest BCUT2D eigenvalue weighted by Crippen LogP contribution is -2.29. The van der Waals surface area contributed by atoms with E-state index in [-0.39, 0.29) is 10.6 Å². The number of aliphatic carboxylic acids is 1. The molecule has 0 aliphatic heterocycles. The van der Waals surface area contributed by atoms with E-state index in [2.05, 4.69) is 0 Å². The van der Waals surface area contributed by atoms with E-state index < -0.39 is 28.5 Å². The number of nitrogens with one attached hydrogen (secondary N) is 1. The zero-order chi connectivity index (χ0) is 16.9. The van der Waals surface area contributed by atoms with Crippen LogP contribution in [0, 0.1) is 0 Å². The van der Waals surface area contributed by atoms with Crippen LogP contribution in [-0.2, 0) is 14.8 Å². The predicted octanol–water partition coefficient (Wildman–Crippen LogP) is 1.27. The van der Waals surface area contributed by atoms with E-state index in [0.717, 1.165) is 0 Å². The van der Waals surface area contributed by atoms with Crippen LogP contribution in [0.5, 0.6) is 5.75 Å². The van der Waals surface area contributed by atoms with E-state index in [1.54, 1.807) is 30.3 Å². The second-order valence-electron chi connectivity index (χ2n) is 4.45. The van der Waals surface area contributed by atoms with Gasteiger partial charge in [-0.05, 0) is 36.4 Å². The maximum Gasteiger partial charge on any atom is 0.343 e. The first-order chi connectivity index (χ1) is 10.9. The number of esters is 1. The maximum atomic E-state index is 11.9. The molecule has 0 aliphatic carbocycles. The Morgan fingerprint density at radius 3 is 2.17 bits per heavy atom. The van der Waals surface area contributed by atoms with Crippen LogP contribution >= 0.6 is 0 Å². The molecule has 0 amide bonds. The van der Waals surface area contributed by atoms with Gasteiger partial charge < -0.3 is 9.84 Å². The Bertz CT molecular complexity index is 800. The third-order valence-corrected chi connectivity index (χ3v) is 4.18. The Labute approximate surface area is 132 Å². The van der Waals surface area contributed by atoms with Crippen LogP contribution < -0.4 is 9.46 Å². The van der Waals surface area contributed by atoms with Crippen LogP contribution in [0.3, 0.4) is 0 Å². The van der Waals surface area contributed by atoms with Gasteiger partial charge in [0.2, 0.25) is 10.0 Å². The summed E-state index contributed by atoms with van der Waals surface area (Å²) in [5.74, 6) is -1.68. The standard InChI is InChI=1S/C15H13NO6S/c17-14(18)10-16-23(20,21)13-8-6-12(7-9-13)22-15(19)11-4-2-1-3-5-11/h1-9,16H,10H2,(H,17,18). The molecule has 0 saturated heterocycles. The van der Waals surface area contributed by atoms with E-state index in [4.69, 9.17) is 9.84 Å². The zero-order valence-electron chi connectivity index (χ0n) is 11.8. The van der Waals surface area contributed by atoms with E-state index in [1.807, 2.05) is 4.72 Å². The number of hydrogen-bond donors (Lipinski definition) is 2. The molecule has 0 unspecified atom stereocenters. The monoisotopic (exact) mass is 335 g/mol. The smallest absolute Gasteiger partial charge is 0.343 e. The van der Waals surface area contributed by atoms with Crippen molar-refractivity contribution in [3.05, 3.63) is 60.2 Å². The maximum absolute atomic E-state index is 11.9. The number of carboxylic acids is 1.